The maximum Gasteiger partial charge on any atom is 0.387 e. The van der Waals surface area contributed by atoms with E-state index in [1.807, 2.05) is 30.3 Å². The Kier molecular flexibility index (Phi) is 5.36. The molecule has 0 radical (unpaired) electrons. The number of nitrogens with one attached hydrogen (secondary N) is 1. The van der Waals surface area contributed by atoms with E-state index in [2.05, 4.69) is 15.0 Å². The highest BCUT2D eigenvalue weighted by atomic mass is 32.1. The number of thiazole rings is 1. The number of nitrogens with zero attached hydrogens (tertiary/aromatic N) is 2. The molecule has 0 aliphatic rings. The summed E-state index contributed by atoms with van der Waals surface area (Å²) in [6.45, 7) is -3.14. The lowest BCUT2D eigenvalue weighted by Gasteiger charge is -2.11. The lowest BCUT2D eigenvalue weighted by Crippen LogP contribution is -2.13. The molecule has 0 fully saturated rings. The smallest absolute Gasteiger partial charge is 0.387 e. The molecule has 138 valence electrons. The van der Waals surface area contributed by atoms with Crippen LogP contribution in [0.2, 0.25) is 0 Å². The second kappa shape index (κ2) is 7.87. The third-order valence-electron chi connectivity index (χ3n) is 3.39. The molecule has 3 aromatic rings. The SMILES string of the molecule is O=C(Nc1cc([N+](=O)[O-])ccc1OC(F)F)c1cnc(-c2ccccc2)s1. The Morgan fingerprint density at radius 2 is 1.96 bits per heavy atom. The van der Waals surface area contributed by atoms with Crippen LogP contribution in [0.4, 0.5) is 20.2 Å². The van der Waals surface area contributed by atoms with Crippen molar-refractivity contribution in [2.24, 2.45) is 0 Å². The van der Waals surface area contributed by atoms with Crippen LogP contribution in [-0.2, 0) is 0 Å². The van der Waals surface area contributed by atoms with Gasteiger partial charge in [0.1, 0.15) is 15.6 Å². The standard InChI is InChI=1S/C17H11F2N3O4S/c18-17(19)26-13-7-6-11(22(24)25)8-12(13)21-15(23)14-9-20-16(27-14)10-4-2-1-3-5-10/h1-9,17H,(H,21,23). The highest BCUT2D eigenvalue weighted by Gasteiger charge is 2.19. The predicted molar refractivity (Wildman–Crippen MR) is 95.2 cm³/mol. The fraction of sp³-hybridized carbons (Fsp3) is 0.0588. The molecule has 1 N–H and O–H groups in total. The number of rotatable bonds is 6. The van der Waals surface area contributed by atoms with E-state index in [0.717, 1.165) is 35.1 Å². The van der Waals surface area contributed by atoms with Gasteiger partial charge in [-0.05, 0) is 6.07 Å². The van der Waals surface area contributed by atoms with Crippen molar-refractivity contribution in [2.75, 3.05) is 5.32 Å². The summed E-state index contributed by atoms with van der Waals surface area (Å²) in [7, 11) is 0. The molecule has 7 nitrogen and oxygen atoms in total. The Hall–Kier alpha value is -3.40. The summed E-state index contributed by atoms with van der Waals surface area (Å²) in [5.41, 5.74) is 0.212. The van der Waals surface area contributed by atoms with Crippen molar-refractivity contribution in [2.45, 2.75) is 6.61 Å². The number of halogens is 2. The normalized spacial score (nSPS) is 10.6. The molecule has 1 aromatic heterocycles. The van der Waals surface area contributed by atoms with Crippen LogP contribution in [0.15, 0.2) is 54.7 Å². The number of amides is 1. The maximum absolute atomic E-state index is 12.5. The number of aromatic nitrogens is 1. The quantitative estimate of drug-likeness (QED) is 0.491. The van der Waals surface area contributed by atoms with Crippen LogP contribution in [0.5, 0.6) is 5.75 Å². The van der Waals surface area contributed by atoms with Crippen molar-refractivity contribution in [1.29, 1.82) is 0 Å². The number of non-ortho nitro benzene ring substituents is 1. The largest absolute Gasteiger partial charge is 0.433 e. The topological polar surface area (TPSA) is 94.4 Å². The molecule has 0 aliphatic carbocycles. The zero-order chi connectivity index (χ0) is 19.4. The Morgan fingerprint density at radius 3 is 2.63 bits per heavy atom. The van der Waals surface area contributed by atoms with Crippen molar-refractivity contribution < 1.29 is 23.2 Å². The number of benzene rings is 2. The first kappa shape index (κ1) is 18.4. The summed E-state index contributed by atoms with van der Waals surface area (Å²) in [4.78, 5) is 27.0. The molecule has 0 aliphatic heterocycles. The van der Waals surface area contributed by atoms with E-state index >= 15 is 0 Å². The first-order valence-electron chi connectivity index (χ1n) is 7.50. The van der Waals surface area contributed by atoms with Gasteiger partial charge in [-0.15, -0.1) is 11.3 Å². The number of carbonyl (C=O) groups is 1. The minimum Gasteiger partial charge on any atom is -0.433 e. The van der Waals surface area contributed by atoms with E-state index in [1.165, 1.54) is 6.20 Å². The van der Waals surface area contributed by atoms with Gasteiger partial charge in [-0.1, -0.05) is 30.3 Å². The van der Waals surface area contributed by atoms with Gasteiger partial charge in [-0.3, -0.25) is 14.9 Å². The molecule has 0 saturated heterocycles. The zero-order valence-corrected chi connectivity index (χ0v) is 14.3. The van der Waals surface area contributed by atoms with Crippen LogP contribution in [0.25, 0.3) is 10.6 Å². The van der Waals surface area contributed by atoms with Gasteiger partial charge in [0, 0.05) is 17.7 Å². The summed E-state index contributed by atoms with van der Waals surface area (Å²) >= 11 is 1.10. The molecule has 10 heteroatoms. The monoisotopic (exact) mass is 391 g/mol. The number of alkyl halides is 2. The Bertz CT molecular complexity index is 979. The van der Waals surface area contributed by atoms with Crippen LogP contribution < -0.4 is 10.1 Å². The van der Waals surface area contributed by atoms with Crippen LogP contribution >= 0.6 is 11.3 Å². The van der Waals surface area contributed by atoms with Gasteiger partial charge in [0.15, 0.2) is 0 Å². The molecule has 3 rings (SSSR count). The van der Waals surface area contributed by atoms with E-state index < -0.39 is 17.4 Å². The third kappa shape index (κ3) is 4.42. The van der Waals surface area contributed by atoms with Crippen molar-refractivity contribution in [3.63, 3.8) is 0 Å². The van der Waals surface area contributed by atoms with Gasteiger partial charge < -0.3 is 10.1 Å². The molecule has 0 spiro atoms. The Labute approximate surface area is 155 Å². The van der Waals surface area contributed by atoms with Crippen LogP contribution in [0, 0.1) is 10.1 Å². The number of nitro groups is 1. The van der Waals surface area contributed by atoms with Gasteiger partial charge in [0.25, 0.3) is 11.6 Å². The molecule has 1 heterocycles. The highest BCUT2D eigenvalue weighted by molar-refractivity contribution is 7.17. The Balaban J connectivity index is 1.86. The average Bonchev–Trinajstić information content (AvgIpc) is 3.13. The van der Waals surface area contributed by atoms with E-state index in [9.17, 15) is 23.7 Å². The number of nitro benzene ring substituents is 1. The Morgan fingerprint density at radius 1 is 1.22 bits per heavy atom. The fourth-order valence-corrected chi connectivity index (χ4v) is 3.02. The van der Waals surface area contributed by atoms with E-state index in [0.29, 0.717) is 5.01 Å². The summed E-state index contributed by atoms with van der Waals surface area (Å²) < 4.78 is 29.4. The van der Waals surface area contributed by atoms with Gasteiger partial charge in [0.05, 0.1) is 16.8 Å². The highest BCUT2D eigenvalue weighted by Crippen LogP contribution is 2.32. The average molecular weight is 391 g/mol. The van der Waals surface area contributed by atoms with Gasteiger partial charge in [-0.25, -0.2) is 4.98 Å². The van der Waals surface area contributed by atoms with Gasteiger partial charge in [0.2, 0.25) is 0 Å². The minimum absolute atomic E-state index is 0.211. The van der Waals surface area contributed by atoms with E-state index in [4.69, 9.17) is 0 Å². The van der Waals surface area contributed by atoms with Crippen molar-refractivity contribution in [1.82, 2.24) is 4.98 Å². The number of carbonyl (C=O) groups excluding carboxylic acids is 1. The predicted octanol–water partition coefficient (Wildman–Crippen LogP) is 4.57. The van der Waals surface area contributed by atoms with Crippen LogP contribution in [0.1, 0.15) is 9.67 Å². The van der Waals surface area contributed by atoms with Gasteiger partial charge in [-0.2, -0.15) is 8.78 Å². The molecule has 0 atom stereocenters. The molecular weight excluding hydrogens is 380 g/mol. The third-order valence-corrected chi connectivity index (χ3v) is 4.43. The fourth-order valence-electron chi connectivity index (χ4n) is 2.21. The number of hydrogen-bond donors (Lipinski definition) is 1. The second-order valence-electron chi connectivity index (χ2n) is 5.17. The first-order chi connectivity index (χ1) is 12.9. The van der Waals surface area contributed by atoms with Crippen LogP contribution in [-0.4, -0.2) is 22.4 Å². The molecule has 0 bridgehead atoms. The molecular formula is C17H11F2N3O4S. The molecule has 2 aromatic carbocycles. The summed E-state index contributed by atoms with van der Waals surface area (Å²) in [6, 6.07) is 12.1. The van der Waals surface area contributed by atoms with Crippen molar-refractivity contribution in [3.8, 4) is 16.3 Å². The molecule has 0 unspecified atom stereocenters. The van der Waals surface area contributed by atoms with E-state index in [1.54, 1.807) is 0 Å². The van der Waals surface area contributed by atoms with Crippen LogP contribution in [0.3, 0.4) is 0 Å². The number of ether oxygens (including phenoxy) is 1. The summed E-state index contributed by atoms with van der Waals surface area (Å²) in [5, 5.41) is 13.9. The lowest BCUT2D eigenvalue weighted by molar-refractivity contribution is -0.384. The maximum atomic E-state index is 12.5. The zero-order valence-electron chi connectivity index (χ0n) is 13.5. The lowest BCUT2D eigenvalue weighted by atomic mass is 10.2. The first-order valence-corrected chi connectivity index (χ1v) is 8.31. The van der Waals surface area contributed by atoms with Crippen molar-refractivity contribution >= 4 is 28.6 Å². The molecule has 27 heavy (non-hydrogen) atoms. The second-order valence-corrected chi connectivity index (χ2v) is 6.20. The van der Waals surface area contributed by atoms with Gasteiger partial charge >= 0.3 is 6.61 Å². The van der Waals surface area contributed by atoms with Crippen molar-refractivity contribution in [3.05, 3.63) is 69.7 Å². The molecule has 0 saturated carbocycles. The number of anilines is 1. The molecule has 1 amide bonds. The number of hydrogen-bond acceptors (Lipinski definition) is 6. The summed E-state index contributed by atoms with van der Waals surface area (Å²) in [5.74, 6) is -1.02. The van der Waals surface area contributed by atoms with E-state index in [-0.39, 0.29) is 22.0 Å². The minimum atomic E-state index is -3.14. The summed E-state index contributed by atoms with van der Waals surface area (Å²) in [6.07, 6.45) is 1.34.